The highest BCUT2D eigenvalue weighted by atomic mass is 35.5. The van der Waals surface area contributed by atoms with E-state index < -0.39 is 11.8 Å². The van der Waals surface area contributed by atoms with Gasteiger partial charge >= 0.3 is 0 Å². The van der Waals surface area contributed by atoms with Crippen LogP contribution in [0.4, 0.5) is 5.95 Å². The third kappa shape index (κ3) is 3.67. The molecule has 0 saturated carbocycles. The minimum Gasteiger partial charge on any atom is -0.497 e. The van der Waals surface area contributed by atoms with Crippen molar-refractivity contribution in [3.63, 3.8) is 0 Å². The number of methoxy groups -OCH3 is 1. The number of anilines is 1. The summed E-state index contributed by atoms with van der Waals surface area (Å²) in [5.74, 6) is -0.623. The lowest BCUT2D eigenvalue weighted by atomic mass is 9.93. The number of imide groups is 1. The Morgan fingerprint density at radius 1 is 1.05 bits per heavy atom. The van der Waals surface area contributed by atoms with Gasteiger partial charge in [-0.25, -0.2) is 0 Å². The van der Waals surface area contributed by atoms with Gasteiger partial charge in [0.1, 0.15) is 5.75 Å². The Hall–Kier alpha value is -4.77. The summed E-state index contributed by atoms with van der Waals surface area (Å²) in [6.45, 7) is 0.270. The van der Waals surface area contributed by atoms with Gasteiger partial charge in [0.05, 0.1) is 23.8 Å². The maximum absolute atomic E-state index is 13.1. The van der Waals surface area contributed by atoms with Gasteiger partial charge < -0.3 is 9.30 Å². The number of amides is 3. The molecular formula is C25H18ClN7O4. The van der Waals surface area contributed by atoms with Crippen molar-refractivity contribution in [1.82, 2.24) is 30.5 Å². The second-order valence-electron chi connectivity index (χ2n) is 8.40. The lowest BCUT2D eigenvalue weighted by Crippen LogP contribution is -2.20. The SMILES string of the molecule is COc1ccc2c(c1)c1c3c(c(-c4ccccc4Cl)cc1n2CCC(=O)Nc1nn[nH]n1)C(=O)NC3=O. The number of fused-ring (bicyclic) bond motifs is 5. The fraction of sp³-hybridized carbons (Fsp3) is 0.120. The first-order valence-electron chi connectivity index (χ1n) is 11.3. The minimum absolute atomic E-state index is 0.0750. The number of carbonyl (C=O) groups excluding carboxylic acids is 3. The Morgan fingerprint density at radius 3 is 2.62 bits per heavy atom. The number of tetrazole rings is 1. The largest absolute Gasteiger partial charge is 0.497 e. The Morgan fingerprint density at radius 2 is 1.86 bits per heavy atom. The van der Waals surface area contributed by atoms with Gasteiger partial charge in [-0.1, -0.05) is 34.9 Å². The van der Waals surface area contributed by atoms with Crippen LogP contribution in [0.5, 0.6) is 5.75 Å². The van der Waals surface area contributed by atoms with Crippen molar-refractivity contribution in [3.05, 3.63) is 64.7 Å². The molecule has 0 radical (unpaired) electrons. The summed E-state index contributed by atoms with van der Waals surface area (Å²) in [6.07, 6.45) is 0.0864. The van der Waals surface area contributed by atoms with Crippen LogP contribution in [0.3, 0.4) is 0 Å². The third-order valence-electron chi connectivity index (χ3n) is 6.37. The molecule has 3 aromatic carbocycles. The molecule has 3 heterocycles. The number of aromatic nitrogens is 5. The number of nitrogens with one attached hydrogen (secondary N) is 3. The first-order valence-corrected chi connectivity index (χ1v) is 11.6. The zero-order valence-corrected chi connectivity index (χ0v) is 20.1. The van der Waals surface area contributed by atoms with Gasteiger partial charge in [0.2, 0.25) is 5.91 Å². The molecule has 0 aliphatic carbocycles. The zero-order chi connectivity index (χ0) is 25.7. The minimum atomic E-state index is -0.490. The van der Waals surface area contributed by atoms with Gasteiger partial charge in [-0.05, 0) is 41.1 Å². The number of nitrogens with zero attached hydrogens (tertiary/aromatic N) is 4. The standard InChI is InChI=1S/C25H18ClN7O4/c1-37-12-6-7-17-15(10-12)20-18(33(17)9-8-19(34)27-25-29-31-32-30-25)11-14(13-4-2-3-5-16(13)26)21-22(20)24(36)28-23(21)35/h2-7,10-11H,8-9H2,1H3,(H,28,35,36)(H2,27,29,30,31,32,34). The molecule has 1 aliphatic heterocycles. The predicted octanol–water partition coefficient (Wildman–Crippen LogP) is 3.55. The Labute approximate surface area is 213 Å². The molecule has 0 bridgehead atoms. The molecule has 0 spiro atoms. The number of halogens is 1. The van der Waals surface area contributed by atoms with Crippen molar-refractivity contribution in [1.29, 1.82) is 0 Å². The second-order valence-corrected chi connectivity index (χ2v) is 8.81. The highest BCUT2D eigenvalue weighted by Gasteiger charge is 2.35. The maximum Gasteiger partial charge on any atom is 0.269 e. The van der Waals surface area contributed by atoms with Crippen molar-refractivity contribution >= 4 is 57.1 Å². The monoisotopic (exact) mass is 515 g/mol. The fourth-order valence-electron chi connectivity index (χ4n) is 4.80. The van der Waals surface area contributed by atoms with Crippen LogP contribution in [0.15, 0.2) is 48.5 Å². The zero-order valence-electron chi connectivity index (χ0n) is 19.3. The van der Waals surface area contributed by atoms with Gasteiger partial charge in [0.15, 0.2) is 0 Å². The summed E-state index contributed by atoms with van der Waals surface area (Å²) in [5, 5.41) is 20.0. The second kappa shape index (κ2) is 8.71. The highest BCUT2D eigenvalue weighted by molar-refractivity contribution is 6.36. The number of hydrogen-bond acceptors (Lipinski definition) is 7. The summed E-state index contributed by atoms with van der Waals surface area (Å²) in [6, 6.07) is 14.5. The van der Waals surface area contributed by atoms with Crippen LogP contribution < -0.4 is 15.4 Å². The Kier molecular flexibility index (Phi) is 5.34. The molecule has 1 aliphatic rings. The summed E-state index contributed by atoms with van der Waals surface area (Å²) in [5.41, 5.74) is 3.14. The van der Waals surface area contributed by atoms with Crippen molar-refractivity contribution < 1.29 is 19.1 Å². The van der Waals surface area contributed by atoms with Crippen LogP contribution >= 0.6 is 11.6 Å². The molecule has 0 saturated heterocycles. The van der Waals surface area contributed by atoms with E-state index in [0.717, 1.165) is 10.9 Å². The van der Waals surface area contributed by atoms with E-state index in [2.05, 4.69) is 31.3 Å². The molecule has 5 aromatic rings. The number of benzene rings is 3. The van der Waals surface area contributed by atoms with E-state index >= 15 is 0 Å². The summed E-state index contributed by atoms with van der Waals surface area (Å²) < 4.78 is 7.37. The topological polar surface area (TPSA) is 144 Å². The maximum atomic E-state index is 13.1. The van der Waals surface area contributed by atoms with E-state index in [1.807, 2.05) is 28.8 Å². The number of hydrogen-bond donors (Lipinski definition) is 3. The Balaban J connectivity index is 1.59. The number of rotatable bonds is 6. The van der Waals surface area contributed by atoms with Crippen molar-refractivity contribution in [2.45, 2.75) is 13.0 Å². The lowest BCUT2D eigenvalue weighted by Gasteiger charge is -2.12. The van der Waals surface area contributed by atoms with E-state index in [1.54, 1.807) is 31.4 Å². The van der Waals surface area contributed by atoms with Gasteiger partial charge in [0, 0.05) is 39.8 Å². The van der Waals surface area contributed by atoms with Crippen molar-refractivity contribution in [3.8, 4) is 16.9 Å². The van der Waals surface area contributed by atoms with Gasteiger partial charge in [-0.15, -0.1) is 5.10 Å². The van der Waals surface area contributed by atoms with Crippen molar-refractivity contribution in [2.75, 3.05) is 12.4 Å². The summed E-state index contributed by atoms with van der Waals surface area (Å²) in [7, 11) is 1.55. The quantitative estimate of drug-likeness (QED) is 0.293. The van der Waals surface area contributed by atoms with Gasteiger partial charge in [-0.2, -0.15) is 5.21 Å². The molecule has 3 amide bonds. The number of carbonyl (C=O) groups is 3. The average molecular weight is 516 g/mol. The molecule has 184 valence electrons. The predicted molar refractivity (Wildman–Crippen MR) is 136 cm³/mol. The number of H-pyrrole nitrogens is 1. The van der Waals surface area contributed by atoms with E-state index in [1.165, 1.54) is 0 Å². The van der Waals surface area contributed by atoms with Crippen LogP contribution in [0.2, 0.25) is 5.02 Å². The van der Waals surface area contributed by atoms with Crippen LogP contribution in [0.25, 0.3) is 32.9 Å². The van der Waals surface area contributed by atoms with Gasteiger partial charge in [0.25, 0.3) is 17.8 Å². The van der Waals surface area contributed by atoms with Crippen LogP contribution in [-0.2, 0) is 11.3 Å². The highest BCUT2D eigenvalue weighted by Crippen LogP contribution is 2.42. The smallest absolute Gasteiger partial charge is 0.269 e. The van der Waals surface area contributed by atoms with E-state index in [0.29, 0.717) is 32.8 Å². The van der Waals surface area contributed by atoms with E-state index in [9.17, 15) is 14.4 Å². The fourth-order valence-corrected chi connectivity index (χ4v) is 5.04. The first-order chi connectivity index (χ1) is 18.0. The molecule has 11 nitrogen and oxygen atoms in total. The number of aromatic amines is 1. The van der Waals surface area contributed by atoms with Crippen LogP contribution in [0.1, 0.15) is 27.1 Å². The molecule has 0 fully saturated rings. The number of aryl methyl sites for hydroxylation is 1. The molecular weight excluding hydrogens is 498 g/mol. The normalized spacial score (nSPS) is 12.7. The first kappa shape index (κ1) is 22.7. The molecule has 3 N–H and O–H groups in total. The molecule has 0 unspecified atom stereocenters. The molecule has 2 aromatic heterocycles. The summed E-state index contributed by atoms with van der Waals surface area (Å²) >= 11 is 6.51. The molecule has 37 heavy (non-hydrogen) atoms. The molecule has 6 rings (SSSR count). The molecule has 0 atom stereocenters. The van der Waals surface area contributed by atoms with E-state index in [-0.39, 0.29) is 35.9 Å². The third-order valence-corrected chi connectivity index (χ3v) is 6.70. The van der Waals surface area contributed by atoms with Crippen molar-refractivity contribution in [2.24, 2.45) is 0 Å². The lowest BCUT2D eigenvalue weighted by molar-refractivity contribution is -0.116. The van der Waals surface area contributed by atoms with Gasteiger partial charge in [-0.3, -0.25) is 25.0 Å². The van der Waals surface area contributed by atoms with E-state index in [4.69, 9.17) is 16.3 Å². The number of ether oxygens (including phenoxy) is 1. The summed E-state index contributed by atoms with van der Waals surface area (Å²) in [4.78, 5) is 38.7. The Bertz CT molecular complexity index is 1740. The average Bonchev–Trinajstić information content (AvgIpc) is 3.59. The van der Waals surface area contributed by atoms with Crippen LogP contribution in [0, 0.1) is 0 Å². The molecule has 12 heteroatoms. The van der Waals surface area contributed by atoms with Crippen LogP contribution in [-0.4, -0.2) is 50.0 Å².